The molecule has 0 bridgehead atoms. The second kappa shape index (κ2) is 10.3. The van der Waals surface area contributed by atoms with Crippen LogP contribution in [0.5, 0.6) is 0 Å². The van der Waals surface area contributed by atoms with Gasteiger partial charge in [0.2, 0.25) is 10.9 Å². The van der Waals surface area contributed by atoms with Crippen molar-refractivity contribution in [3.8, 4) is 0 Å². The summed E-state index contributed by atoms with van der Waals surface area (Å²) in [5.74, 6) is 5.84. The summed E-state index contributed by atoms with van der Waals surface area (Å²) in [6.07, 6.45) is 14.8. The molecule has 6 aliphatic rings. The number of hydrogen-bond donors (Lipinski definition) is 0. The van der Waals surface area contributed by atoms with E-state index in [4.69, 9.17) is 0 Å². The molecule has 4 heteroatoms. The first-order valence-corrected chi connectivity index (χ1v) is 18.3. The third-order valence-electron chi connectivity index (χ3n) is 13.0. The van der Waals surface area contributed by atoms with E-state index in [1.807, 2.05) is 24.3 Å². The van der Waals surface area contributed by atoms with Crippen molar-refractivity contribution in [3.63, 3.8) is 0 Å². The fourth-order valence-electron chi connectivity index (χ4n) is 10.9. The van der Waals surface area contributed by atoms with E-state index in [9.17, 15) is 9.59 Å². The first-order valence-electron chi connectivity index (χ1n) is 16.6. The van der Waals surface area contributed by atoms with Gasteiger partial charge < -0.3 is 0 Å². The Balaban J connectivity index is 1.19. The molecule has 0 N–H and O–H groups in total. The molecule has 0 unspecified atom stereocenters. The highest BCUT2D eigenvalue weighted by Gasteiger charge is 2.60. The molecule has 41 heavy (non-hydrogen) atoms. The summed E-state index contributed by atoms with van der Waals surface area (Å²) < 4.78 is 1.40. The molecule has 8 atom stereocenters. The molecule has 0 saturated heterocycles. The standard InChI is InChI=1S/C37H48O2S2/c1-21(2)9-8-10-22(3)27-15-16-28-26-14-13-23-19-30-31(20-37(23,5)29(26)17-18-36(27,28)4)41-35-33(39)25-12-7-6-11-24(25)32(38)34(35)40-30/h6-7,11-12,21-23,26-29H,8-10,13-20H2,1-5H3/t22-,23+,26+,27-,28+,29+,36-,37+/m1/s1. The zero-order valence-electron chi connectivity index (χ0n) is 25.8. The lowest BCUT2D eigenvalue weighted by Crippen LogP contribution is -2.54. The van der Waals surface area contributed by atoms with Crippen molar-refractivity contribution in [3.05, 3.63) is 63.5 Å². The SMILES string of the molecule is CC(C)CCC[C@@H](C)[C@H]1CC[C@H]2[C@@H]3CC[C@H]4Cc5sc6c(=O)c7ccccc7c(=O)c=6sc5C[C@]4(C)[C@H]3CC[C@]12C. The first-order chi connectivity index (χ1) is 19.6. The highest BCUT2D eigenvalue weighted by atomic mass is 32.1. The summed E-state index contributed by atoms with van der Waals surface area (Å²) in [7, 11) is 0. The second-order valence-electron chi connectivity index (χ2n) is 15.5. The normalized spacial score (nSPS) is 35.2. The van der Waals surface area contributed by atoms with Gasteiger partial charge in [0.1, 0.15) is 0 Å². The van der Waals surface area contributed by atoms with Gasteiger partial charge in [-0.3, -0.25) is 9.59 Å². The maximum absolute atomic E-state index is 13.5. The highest BCUT2D eigenvalue weighted by Crippen LogP contribution is 2.68. The molecule has 1 aromatic rings. The summed E-state index contributed by atoms with van der Waals surface area (Å²) >= 11 is 3.32. The maximum atomic E-state index is 13.5. The predicted molar refractivity (Wildman–Crippen MR) is 174 cm³/mol. The molecule has 0 spiro atoms. The first kappa shape index (κ1) is 28.3. The molecule has 3 saturated carbocycles. The molecule has 0 radical (unpaired) electrons. The largest absolute Gasteiger partial charge is 0.288 e. The molecule has 7 rings (SSSR count). The Morgan fingerprint density at radius 1 is 0.805 bits per heavy atom. The monoisotopic (exact) mass is 588 g/mol. The highest BCUT2D eigenvalue weighted by molar-refractivity contribution is 7.17. The predicted octanol–water partition coefficient (Wildman–Crippen LogP) is 9.44. The average Bonchev–Trinajstić information content (AvgIpc) is 3.31. The number of hydrogen-bond acceptors (Lipinski definition) is 4. The second-order valence-corrected chi connectivity index (χ2v) is 17.7. The Hall–Kier alpha value is -1.52. The number of benzene rings is 1. The lowest BCUT2D eigenvalue weighted by atomic mass is 9.45. The Morgan fingerprint density at radius 2 is 1.46 bits per heavy atom. The minimum absolute atomic E-state index is 0.0529. The quantitative estimate of drug-likeness (QED) is 0.297. The van der Waals surface area contributed by atoms with E-state index in [1.165, 1.54) is 67.5 Å². The van der Waals surface area contributed by atoms with Gasteiger partial charge in [-0.15, -0.1) is 22.7 Å². The van der Waals surface area contributed by atoms with Gasteiger partial charge >= 0.3 is 0 Å². The van der Waals surface area contributed by atoms with Crippen molar-refractivity contribution in [1.82, 2.24) is 0 Å². The molecule has 0 aromatic heterocycles. The van der Waals surface area contributed by atoms with Gasteiger partial charge in [-0.2, -0.15) is 0 Å². The zero-order valence-corrected chi connectivity index (χ0v) is 27.4. The van der Waals surface area contributed by atoms with E-state index in [2.05, 4.69) is 34.6 Å². The summed E-state index contributed by atoms with van der Waals surface area (Å²) in [5.41, 5.74) is 0.950. The van der Waals surface area contributed by atoms with Gasteiger partial charge in [0, 0.05) is 20.5 Å². The van der Waals surface area contributed by atoms with Crippen LogP contribution in [-0.4, -0.2) is 0 Å². The van der Waals surface area contributed by atoms with Gasteiger partial charge in [0.15, 0.2) is 0 Å². The fraction of sp³-hybridized carbons (Fsp3) is 0.676. The van der Waals surface area contributed by atoms with Crippen molar-refractivity contribution in [1.29, 1.82) is 0 Å². The van der Waals surface area contributed by atoms with Crippen molar-refractivity contribution in [2.45, 2.75) is 105 Å². The van der Waals surface area contributed by atoms with Gasteiger partial charge in [-0.25, -0.2) is 0 Å². The van der Waals surface area contributed by atoms with E-state index < -0.39 is 0 Å². The van der Waals surface area contributed by atoms with Gasteiger partial charge in [-0.05, 0) is 104 Å². The molecular weight excluding hydrogens is 541 g/mol. The lowest BCUT2D eigenvalue weighted by Gasteiger charge is -2.60. The third kappa shape index (κ3) is 4.35. The number of rotatable bonds is 5. The van der Waals surface area contributed by atoms with Crippen LogP contribution >= 0.6 is 22.7 Å². The average molecular weight is 589 g/mol. The van der Waals surface area contributed by atoms with E-state index in [0.29, 0.717) is 36.6 Å². The van der Waals surface area contributed by atoms with Crippen molar-refractivity contribution < 1.29 is 0 Å². The summed E-state index contributed by atoms with van der Waals surface area (Å²) in [5, 5.41) is 1.18. The van der Waals surface area contributed by atoms with Gasteiger partial charge in [0.05, 0.1) is 9.06 Å². The summed E-state index contributed by atoms with van der Waals surface area (Å²) in [6, 6.07) is 7.41. The molecule has 1 aromatic carbocycles. The van der Waals surface area contributed by atoms with Crippen LogP contribution in [-0.2, 0) is 12.8 Å². The topological polar surface area (TPSA) is 34.1 Å². The summed E-state index contributed by atoms with van der Waals surface area (Å²) in [6.45, 7) is 12.6. The lowest BCUT2D eigenvalue weighted by molar-refractivity contribution is -0.102. The Bertz CT molecular complexity index is 1650. The molecule has 220 valence electrons. The van der Waals surface area contributed by atoms with E-state index in [-0.39, 0.29) is 10.9 Å². The van der Waals surface area contributed by atoms with Gasteiger partial charge in [0.25, 0.3) is 0 Å². The minimum Gasteiger partial charge on any atom is -0.288 e. The summed E-state index contributed by atoms with van der Waals surface area (Å²) in [4.78, 5) is 29.8. The van der Waals surface area contributed by atoms with Crippen molar-refractivity contribution in [2.75, 3.05) is 0 Å². The van der Waals surface area contributed by atoms with Crippen LogP contribution < -0.4 is 10.9 Å². The Labute approximate surface area is 253 Å². The molecule has 1 aliphatic heterocycles. The van der Waals surface area contributed by atoms with E-state index >= 15 is 0 Å². The third-order valence-corrected chi connectivity index (χ3v) is 15.8. The van der Waals surface area contributed by atoms with Crippen LogP contribution in [0.1, 0.15) is 102 Å². The Kier molecular flexibility index (Phi) is 7.09. The van der Waals surface area contributed by atoms with Crippen LogP contribution in [0.2, 0.25) is 0 Å². The van der Waals surface area contributed by atoms with E-state index in [1.54, 1.807) is 22.7 Å². The molecule has 1 heterocycles. The minimum atomic E-state index is 0.0529. The fourth-order valence-corrected chi connectivity index (χ4v) is 13.7. The molecule has 5 aliphatic carbocycles. The van der Waals surface area contributed by atoms with Crippen LogP contribution in [0.3, 0.4) is 0 Å². The smallest absolute Gasteiger partial charge is 0.205 e. The van der Waals surface area contributed by atoms with Crippen LogP contribution in [0, 0.1) is 61.3 Å². The zero-order chi connectivity index (χ0) is 28.7. The van der Waals surface area contributed by atoms with Crippen LogP contribution in [0.25, 0.3) is 10.8 Å². The molecule has 3 fully saturated rings. The molecule has 0 amide bonds. The van der Waals surface area contributed by atoms with Crippen molar-refractivity contribution >= 4 is 33.4 Å². The van der Waals surface area contributed by atoms with Crippen LogP contribution in [0.4, 0.5) is 0 Å². The van der Waals surface area contributed by atoms with Gasteiger partial charge in [-0.1, -0.05) is 78.1 Å². The molecule has 2 nitrogen and oxygen atoms in total. The van der Waals surface area contributed by atoms with Crippen LogP contribution in [0.15, 0.2) is 33.9 Å². The van der Waals surface area contributed by atoms with Crippen molar-refractivity contribution in [2.24, 2.45) is 52.3 Å². The Morgan fingerprint density at radius 3 is 2.15 bits per heavy atom. The molecular formula is C37H48O2S2. The van der Waals surface area contributed by atoms with E-state index in [0.717, 1.165) is 48.3 Å². The maximum Gasteiger partial charge on any atom is 0.205 e. The number of fused-ring (bicyclic) bond motifs is 7.